The molecule has 2 aromatic rings. The maximum Gasteiger partial charge on any atom is 0.160 e. The number of rotatable bonds is 7. The molecule has 0 aliphatic carbocycles. The highest BCUT2D eigenvalue weighted by molar-refractivity contribution is 5.43. The third-order valence-corrected chi connectivity index (χ3v) is 3.82. The summed E-state index contributed by atoms with van der Waals surface area (Å²) in [7, 11) is 3.32. The maximum absolute atomic E-state index is 5.36. The van der Waals surface area contributed by atoms with E-state index in [-0.39, 0.29) is 0 Å². The van der Waals surface area contributed by atoms with Crippen molar-refractivity contribution in [1.29, 1.82) is 0 Å². The lowest BCUT2D eigenvalue weighted by atomic mass is 10.0. The van der Waals surface area contributed by atoms with Crippen molar-refractivity contribution in [2.24, 2.45) is 0 Å². The largest absolute Gasteiger partial charge is 0.493 e. The third kappa shape index (κ3) is 4.25. The van der Waals surface area contributed by atoms with Gasteiger partial charge < -0.3 is 14.8 Å². The van der Waals surface area contributed by atoms with Gasteiger partial charge in [0.1, 0.15) is 0 Å². The van der Waals surface area contributed by atoms with Crippen molar-refractivity contribution in [3.8, 4) is 11.5 Å². The van der Waals surface area contributed by atoms with Crippen LogP contribution in [0, 0.1) is 0 Å². The first-order valence-electron chi connectivity index (χ1n) is 7.66. The standard InChI is InChI=1S/C19H25NO2/c1-14(20-15(2)17-8-6-5-7-9-17)12-16-10-11-18(21-3)19(13-16)22-4/h5-11,13-15,20H,12H2,1-4H3/t14-,15-/m0/s1. The SMILES string of the molecule is COc1ccc(C[C@H](C)N[C@@H](C)c2ccccc2)cc1OC. The fourth-order valence-electron chi connectivity index (χ4n) is 2.68. The molecular formula is C19H25NO2. The highest BCUT2D eigenvalue weighted by Gasteiger charge is 2.11. The number of nitrogens with one attached hydrogen (secondary N) is 1. The van der Waals surface area contributed by atoms with Crippen molar-refractivity contribution in [1.82, 2.24) is 5.32 Å². The van der Waals surface area contributed by atoms with Crippen LogP contribution in [0.15, 0.2) is 48.5 Å². The monoisotopic (exact) mass is 299 g/mol. The summed E-state index contributed by atoms with van der Waals surface area (Å²) in [5.74, 6) is 1.55. The van der Waals surface area contributed by atoms with E-state index in [1.165, 1.54) is 11.1 Å². The van der Waals surface area contributed by atoms with E-state index in [2.05, 4.69) is 49.5 Å². The summed E-state index contributed by atoms with van der Waals surface area (Å²) in [6.45, 7) is 4.40. The zero-order valence-corrected chi connectivity index (χ0v) is 13.8. The highest BCUT2D eigenvalue weighted by atomic mass is 16.5. The Morgan fingerprint density at radius 2 is 1.59 bits per heavy atom. The van der Waals surface area contributed by atoms with Crippen molar-refractivity contribution in [3.63, 3.8) is 0 Å². The molecule has 0 aliphatic heterocycles. The lowest BCUT2D eigenvalue weighted by molar-refractivity contribution is 0.354. The average molecular weight is 299 g/mol. The Bertz CT molecular complexity index is 583. The first-order chi connectivity index (χ1) is 10.6. The molecule has 3 nitrogen and oxygen atoms in total. The first-order valence-corrected chi connectivity index (χ1v) is 7.66. The van der Waals surface area contributed by atoms with Crippen LogP contribution < -0.4 is 14.8 Å². The Balaban J connectivity index is 1.98. The molecule has 0 bridgehead atoms. The molecule has 3 heteroatoms. The van der Waals surface area contributed by atoms with E-state index < -0.39 is 0 Å². The third-order valence-electron chi connectivity index (χ3n) is 3.82. The lowest BCUT2D eigenvalue weighted by Crippen LogP contribution is -2.30. The van der Waals surface area contributed by atoms with Crippen LogP contribution in [0.1, 0.15) is 31.0 Å². The zero-order chi connectivity index (χ0) is 15.9. The van der Waals surface area contributed by atoms with Crippen LogP contribution in [-0.4, -0.2) is 20.3 Å². The molecule has 1 N–H and O–H groups in total. The highest BCUT2D eigenvalue weighted by Crippen LogP contribution is 2.28. The van der Waals surface area contributed by atoms with Crippen LogP contribution in [0.4, 0.5) is 0 Å². The van der Waals surface area contributed by atoms with Crippen LogP contribution in [0.3, 0.4) is 0 Å². The van der Waals surface area contributed by atoms with Gasteiger partial charge in [-0.3, -0.25) is 0 Å². The summed E-state index contributed by atoms with van der Waals surface area (Å²) in [6, 6.07) is 17.3. The second-order valence-corrected chi connectivity index (χ2v) is 5.59. The van der Waals surface area contributed by atoms with Crippen molar-refractivity contribution in [3.05, 3.63) is 59.7 Å². The molecule has 0 aliphatic rings. The number of hydrogen-bond acceptors (Lipinski definition) is 3. The molecule has 0 saturated heterocycles. The van der Waals surface area contributed by atoms with E-state index in [0.29, 0.717) is 12.1 Å². The molecule has 0 amide bonds. The van der Waals surface area contributed by atoms with Crippen molar-refractivity contribution in [2.45, 2.75) is 32.4 Å². The Morgan fingerprint density at radius 1 is 0.909 bits per heavy atom. The summed E-state index contributed by atoms with van der Waals surface area (Å²) in [5.41, 5.74) is 2.54. The van der Waals surface area contributed by atoms with Crippen LogP contribution in [0.5, 0.6) is 11.5 Å². The van der Waals surface area contributed by atoms with Gasteiger partial charge in [-0.05, 0) is 43.5 Å². The van der Waals surface area contributed by atoms with Crippen LogP contribution in [0.2, 0.25) is 0 Å². The van der Waals surface area contributed by atoms with Gasteiger partial charge in [0.05, 0.1) is 14.2 Å². The minimum Gasteiger partial charge on any atom is -0.493 e. The Labute approximate surface area is 133 Å². The molecule has 2 aromatic carbocycles. The molecule has 0 radical (unpaired) electrons. The van der Waals surface area contributed by atoms with E-state index >= 15 is 0 Å². The zero-order valence-electron chi connectivity index (χ0n) is 13.8. The van der Waals surface area contributed by atoms with Gasteiger partial charge in [0.15, 0.2) is 11.5 Å². The van der Waals surface area contributed by atoms with Crippen LogP contribution in [0.25, 0.3) is 0 Å². The van der Waals surface area contributed by atoms with Gasteiger partial charge in [-0.15, -0.1) is 0 Å². The molecule has 0 fully saturated rings. The summed E-state index contributed by atoms with van der Waals surface area (Å²) in [5, 5.41) is 3.64. The topological polar surface area (TPSA) is 30.5 Å². The van der Waals surface area contributed by atoms with Crippen molar-refractivity contribution >= 4 is 0 Å². The molecule has 118 valence electrons. The van der Waals surface area contributed by atoms with Gasteiger partial charge in [-0.2, -0.15) is 0 Å². The van der Waals surface area contributed by atoms with Gasteiger partial charge >= 0.3 is 0 Å². The molecule has 0 saturated carbocycles. The van der Waals surface area contributed by atoms with Crippen molar-refractivity contribution in [2.75, 3.05) is 14.2 Å². The average Bonchev–Trinajstić information content (AvgIpc) is 2.55. The molecule has 2 rings (SSSR count). The quantitative estimate of drug-likeness (QED) is 0.838. The second-order valence-electron chi connectivity index (χ2n) is 5.59. The van der Waals surface area contributed by atoms with Crippen LogP contribution in [-0.2, 0) is 6.42 Å². The predicted molar refractivity (Wildman–Crippen MR) is 90.7 cm³/mol. The van der Waals surface area contributed by atoms with E-state index in [1.807, 2.05) is 18.2 Å². The van der Waals surface area contributed by atoms with Gasteiger partial charge in [-0.1, -0.05) is 36.4 Å². The van der Waals surface area contributed by atoms with Gasteiger partial charge in [0.2, 0.25) is 0 Å². The number of methoxy groups -OCH3 is 2. The fourth-order valence-corrected chi connectivity index (χ4v) is 2.68. The Kier molecular flexibility index (Phi) is 5.84. The van der Waals surface area contributed by atoms with Gasteiger partial charge in [-0.25, -0.2) is 0 Å². The fraction of sp³-hybridized carbons (Fsp3) is 0.368. The molecular weight excluding hydrogens is 274 g/mol. The van der Waals surface area contributed by atoms with E-state index in [1.54, 1.807) is 14.2 Å². The maximum atomic E-state index is 5.36. The Morgan fingerprint density at radius 3 is 2.23 bits per heavy atom. The van der Waals surface area contributed by atoms with E-state index in [0.717, 1.165) is 17.9 Å². The number of benzene rings is 2. The molecule has 0 heterocycles. The minimum atomic E-state index is 0.330. The first kappa shape index (κ1) is 16.4. The summed E-state index contributed by atoms with van der Waals surface area (Å²) < 4.78 is 10.6. The van der Waals surface area contributed by atoms with E-state index in [4.69, 9.17) is 9.47 Å². The number of hydrogen-bond donors (Lipinski definition) is 1. The van der Waals surface area contributed by atoms with E-state index in [9.17, 15) is 0 Å². The van der Waals surface area contributed by atoms with Crippen LogP contribution >= 0.6 is 0 Å². The lowest BCUT2D eigenvalue weighted by Gasteiger charge is -2.21. The molecule has 22 heavy (non-hydrogen) atoms. The molecule has 0 spiro atoms. The number of ether oxygens (including phenoxy) is 2. The Hall–Kier alpha value is -2.00. The normalized spacial score (nSPS) is 13.5. The molecule has 0 aromatic heterocycles. The summed E-state index contributed by atoms with van der Waals surface area (Å²) >= 11 is 0. The van der Waals surface area contributed by atoms with Crippen molar-refractivity contribution < 1.29 is 9.47 Å². The molecule has 0 unspecified atom stereocenters. The predicted octanol–water partition coefficient (Wildman–Crippen LogP) is 3.99. The summed E-state index contributed by atoms with van der Waals surface area (Å²) in [6.07, 6.45) is 0.942. The van der Waals surface area contributed by atoms with Gasteiger partial charge in [0, 0.05) is 12.1 Å². The minimum absolute atomic E-state index is 0.330. The smallest absolute Gasteiger partial charge is 0.160 e. The molecule has 2 atom stereocenters. The van der Waals surface area contributed by atoms with Gasteiger partial charge in [0.25, 0.3) is 0 Å². The second kappa shape index (κ2) is 7.85. The summed E-state index contributed by atoms with van der Waals surface area (Å²) in [4.78, 5) is 0.